The number of hydrogen-bond donors (Lipinski definition) is 1. The van der Waals surface area contributed by atoms with Crippen molar-refractivity contribution in [3.63, 3.8) is 0 Å². The number of carbonyl (C=O) groups is 1. The van der Waals surface area contributed by atoms with E-state index in [2.05, 4.69) is 16.8 Å². The van der Waals surface area contributed by atoms with Crippen LogP contribution in [0.15, 0.2) is 12.7 Å². The lowest BCUT2D eigenvalue weighted by Gasteiger charge is -2.26. The lowest BCUT2D eigenvalue weighted by atomic mass is 10.2. The summed E-state index contributed by atoms with van der Waals surface area (Å²) in [4.78, 5) is 14.2. The molecule has 0 bridgehead atoms. The van der Waals surface area contributed by atoms with Crippen LogP contribution in [-0.2, 0) is 4.79 Å². The molecule has 0 aromatic rings. The number of amides is 1. The molecule has 1 aliphatic carbocycles. The zero-order chi connectivity index (χ0) is 12.1. The fourth-order valence-corrected chi connectivity index (χ4v) is 2.45. The summed E-state index contributed by atoms with van der Waals surface area (Å²) < 4.78 is 0. The van der Waals surface area contributed by atoms with Gasteiger partial charge in [0.25, 0.3) is 0 Å². The van der Waals surface area contributed by atoms with Crippen LogP contribution in [0.3, 0.4) is 0 Å². The molecule has 1 amide bonds. The van der Waals surface area contributed by atoms with Gasteiger partial charge in [0.05, 0.1) is 0 Å². The van der Waals surface area contributed by atoms with Crippen LogP contribution in [0.2, 0.25) is 0 Å². The summed E-state index contributed by atoms with van der Waals surface area (Å²) in [7, 11) is 0. The van der Waals surface area contributed by atoms with Gasteiger partial charge in [-0.3, -0.25) is 4.79 Å². The van der Waals surface area contributed by atoms with Gasteiger partial charge in [-0.25, -0.2) is 0 Å². The van der Waals surface area contributed by atoms with Crippen LogP contribution >= 0.6 is 0 Å². The Morgan fingerprint density at radius 1 is 1.35 bits per heavy atom. The van der Waals surface area contributed by atoms with Gasteiger partial charge in [-0.1, -0.05) is 6.08 Å². The molecule has 1 N–H and O–H groups in total. The maximum absolute atomic E-state index is 12.1. The highest BCUT2D eigenvalue weighted by Gasteiger charge is 2.28. The molecule has 0 radical (unpaired) electrons. The van der Waals surface area contributed by atoms with Gasteiger partial charge in [0, 0.05) is 25.6 Å². The number of allylic oxidation sites excluding steroid dienone is 1. The highest BCUT2D eigenvalue weighted by molar-refractivity contribution is 5.76. The molecule has 0 aromatic carbocycles. The number of hydrogen-bond acceptors (Lipinski definition) is 2. The first-order valence-electron chi connectivity index (χ1n) is 6.91. The minimum atomic E-state index is 0.311. The zero-order valence-electron chi connectivity index (χ0n) is 10.7. The maximum Gasteiger partial charge on any atom is 0.222 e. The quantitative estimate of drug-likeness (QED) is 0.685. The van der Waals surface area contributed by atoms with E-state index >= 15 is 0 Å². The molecule has 1 atom stereocenters. The van der Waals surface area contributed by atoms with Gasteiger partial charge in [0.1, 0.15) is 0 Å². The second-order valence-electron chi connectivity index (χ2n) is 5.36. The van der Waals surface area contributed by atoms with Crippen LogP contribution in [0.25, 0.3) is 0 Å². The molecule has 1 saturated heterocycles. The van der Waals surface area contributed by atoms with E-state index in [0.29, 0.717) is 18.4 Å². The predicted molar refractivity (Wildman–Crippen MR) is 69.8 cm³/mol. The van der Waals surface area contributed by atoms with Crippen molar-refractivity contribution < 1.29 is 4.79 Å². The molecule has 17 heavy (non-hydrogen) atoms. The SMILES string of the molecule is C=CCCC(=O)N(CC1CC1)CC1CCCN1. The third-order valence-corrected chi connectivity index (χ3v) is 3.69. The molecule has 2 aliphatic rings. The summed E-state index contributed by atoms with van der Waals surface area (Å²) in [6, 6.07) is 0.529. The van der Waals surface area contributed by atoms with Crippen molar-refractivity contribution in [2.75, 3.05) is 19.6 Å². The fraction of sp³-hybridized carbons (Fsp3) is 0.786. The first kappa shape index (κ1) is 12.6. The van der Waals surface area contributed by atoms with Gasteiger partial charge in [-0.05, 0) is 44.6 Å². The Kier molecular flexibility index (Phi) is 4.60. The lowest BCUT2D eigenvalue weighted by molar-refractivity contribution is -0.131. The van der Waals surface area contributed by atoms with Crippen molar-refractivity contribution in [1.29, 1.82) is 0 Å². The van der Waals surface area contributed by atoms with Crippen molar-refractivity contribution in [2.24, 2.45) is 5.92 Å². The van der Waals surface area contributed by atoms with E-state index in [-0.39, 0.29) is 0 Å². The smallest absolute Gasteiger partial charge is 0.222 e. The summed E-state index contributed by atoms with van der Waals surface area (Å²) in [5.74, 6) is 1.09. The first-order valence-corrected chi connectivity index (χ1v) is 6.91. The van der Waals surface area contributed by atoms with Crippen molar-refractivity contribution >= 4 is 5.91 Å². The topological polar surface area (TPSA) is 32.3 Å². The summed E-state index contributed by atoms with van der Waals surface area (Å²) in [5.41, 5.74) is 0. The number of nitrogens with zero attached hydrogens (tertiary/aromatic N) is 1. The molecule has 1 heterocycles. The van der Waals surface area contributed by atoms with E-state index < -0.39 is 0 Å². The van der Waals surface area contributed by atoms with Crippen LogP contribution < -0.4 is 5.32 Å². The Bertz CT molecular complexity index is 267. The van der Waals surface area contributed by atoms with E-state index in [0.717, 1.165) is 32.0 Å². The second-order valence-corrected chi connectivity index (χ2v) is 5.36. The van der Waals surface area contributed by atoms with Crippen LogP contribution in [0.1, 0.15) is 38.5 Å². The maximum atomic E-state index is 12.1. The van der Waals surface area contributed by atoms with E-state index in [1.54, 1.807) is 0 Å². The van der Waals surface area contributed by atoms with Gasteiger partial charge >= 0.3 is 0 Å². The summed E-state index contributed by atoms with van der Waals surface area (Å²) in [6.07, 6.45) is 8.35. The predicted octanol–water partition coefficient (Wildman–Crippen LogP) is 1.94. The van der Waals surface area contributed by atoms with Crippen molar-refractivity contribution in [1.82, 2.24) is 10.2 Å². The Balaban J connectivity index is 1.81. The third-order valence-electron chi connectivity index (χ3n) is 3.69. The molecule has 0 aromatic heterocycles. The Hall–Kier alpha value is -0.830. The molecule has 3 heteroatoms. The Labute approximate surface area is 104 Å². The standard InChI is InChI=1S/C14H24N2O/c1-2-3-6-14(17)16(10-12-7-8-12)11-13-5-4-9-15-13/h2,12-13,15H,1,3-11H2. The highest BCUT2D eigenvalue weighted by atomic mass is 16.2. The Morgan fingerprint density at radius 2 is 2.18 bits per heavy atom. The average Bonchev–Trinajstić information content (AvgIpc) is 2.99. The number of carbonyl (C=O) groups excluding carboxylic acids is 1. The minimum Gasteiger partial charge on any atom is -0.341 e. The monoisotopic (exact) mass is 236 g/mol. The zero-order valence-corrected chi connectivity index (χ0v) is 10.7. The summed E-state index contributed by atoms with van der Waals surface area (Å²) in [5, 5.41) is 3.48. The lowest BCUT2D eigenvalue weighted by Crippen LogP contribution is -2.42. The molecule has 1 aliphatic heterocycles. The number of nitrogens with one attached hydrogen (secondary N) is 1. The Morgan fingerprint density at radius 3 is 2.76 bits per heavy atom. The molecular formula is C14H24N2O. The largest absolute Gasteiger partial charge is 0.341 e. The second kappa shape index (κ2) is 6.20. The van der Waals surface area contributed by atoms with E-state index in [4.69, 9.17) is 0 Å². The van der Waals surface area contributed by atoms with Crippen molar-refractivity contribution in [2.45, 2.75) is 44.6 Å². The normalized spacial score (nSPS) is 23.6. The minimum absolute atomic E-state index is 0.311. The van der Waals surface area contributed by atoms with Crippen LogP contribution in [0.4, 0.5) is 0 Å². The van der Waals surface area contributed by atoms with E-state index in [9.17, 15) is 4.79 Å². The van der Waals surface area contributed by atoms with Crippen LogP contribution in [0.5, 0.6) is 0 Å². The van der Waals surface area contributed by atoms with Gasteiger partial charge in [-0.15, -0.1) is 6.58 Å². The molecular weight excluding hydrogens is 212 g/mol. The van der Waals surface area contributed by atoms with Gasteiger partial charge in [0.2, 0.25) is 5.91 Å². The van der Waals surface area contributed by atoms with Crippen LogP contribution in [0, 0.1) is 5.92 Å². The number of rotatable bonds is 7. The molecule has 3 nitrogen and oxygen atoms in total. The van der Waals surface area contributed by atoms with E-state index in [1.165, 1.54) is 25.7 Å². The van der Waals surface area contributed by atoms with E-state index in [1.807, 2.05) is 6.08 Å². The van der Waals surface area contributed by atoms with Gasteiger partial charge in [0.15, 0.2) is 0 Å². The van der Waals surface area contributed by atoms with Crippen molar-refractivity contribution in [3.05, 3.63) is 12.7 Å². The summed E-state index contributed by atoms with van der Waals surface area (Å²) >= 11 is 0. The highest BCUT2D eigenvalue weighted by Crippen LogP contribution is 2.30. The summed E-state index contributed by atoms with van der Waals surface area (Å²) in [6.45, 7) is 6.69. The molecule has 96 valence electrons. The molecule has 1 saturated carbocycles. The molecule has 0 spiro atoms. The molecule has 2 fully saturated rings. The third kappa shape index (κ3) is 4.15. The molecule has 2 rings (SSSR count). The molecule has 1 unspecified atom stereocenters. The van der Waals surface area contributed by atoms with Gasteiger partial charge in [-0.2, -0.15) is 0 Å². The van der Waals surface area contributed by atoms with Crippen molar-refractivity contribution in [3.8, 4) is 0 Å². The van der Waals surface area contributed by atoms with Crippen LogP contribution in [-0.4, -0.2) is 36.5 Å². The average molecular weight is 236 g/mol. The van der Waals surface area contributed by atoms with Gasteiger partial charge < -0.3 is 10.2 Å². The fourth-order valence-electron chi connectivity index (χ4n) is 2.45. The first-order chi connectivity index (χ1) is 8.29.